The van der Waals surface area contributed by atoms with Gasteiger partial charge >= 0.3 is 5.97 Å². The summed E-state index contributed by atoms with van der Waals surface area (Å²) in [7, 11) is 1.31. The Kier molecular flexibility index (Phi) is 6.23. The number of hydrogen-bond acceptors (Lipinski definition) is 4. The Bertz CT molecular complexity index is 919. The minimum absolute atomic E-state index is 0.0327. The molecule has 2 aromatic carbocycles. The second-order valence-electron chi connectivity index (χ2n) is 7.26. The van der Waals surface area contributed by atoms with Gasteiger partial charge in [-0.2, -0.15) is 0 Å². The number of nitrogens with one attached hydrogen (secondary N) is 2. The monoisotopic (exact) mass is 414 g/mol. The summed E-state index contributed by atoms with van der Waals surface area (Å²) in [4.78, 5) is 37.2. The van der Waals surface area contributed by atoms with E-state index in [1.54, 1.807) is 24.3 Å². The summed E-state index contributed by atoms with van der Waals surface area (Å²) in [5.74, 6) is -1.11. The lowest BCUT2D eigenvalue weighted by molar-refractivity contribution is -0.150. The largest absolute Gasteiger partial charge is 0.467 e. The second-order valence-corrected chi connectivity index (χ2v) is 7.69. The highest BCUT2D eigenvalue weighted by molar-refractivity contribution is 6.30. The van der Waals surface area contributed by atoms with Crippen LogP contribution in [0.25, 0.3) is 0 Å². The van der Waals surface area contributed by atoms with E-state index in [0.717, 1.165) is 11.1 Å². The lowest BCUT2D eigenvalue weighted by Crippen LogP contribution is -2.56. The number of fused-ring (bicyclic) bond motifs is 1. The SMILES string of the molecule is COC(=O)C1(NC(=O)CC(NC(C)=O)c2cccc(Cl)c2)Cc2ccccc2C1. The highest BCUT2D eigenvalue weighted by Crippen LogP contribution is 2.31. The summed E-state index contributed by atoms with van der Waals surface area (Å²) in [6, 6.07) is 14.1. The highest BCUT2D eigenvalue weighted by atomic mass is 35.5. The molecule has 6 nitrogen and oxygen atoms in total. The fourth-order valence-corrected chi connectivity index (χ4v) is 4.02. The van der Waals surface area contributed by atoms with E-state index < -0.39 is 17.6 Å². The van der Waals surface area contributed by atoms with Gasteiger partial charge in [0.25, 0.3) is 0 Å². The summed E-state index contributed by atoms with van der Waals surface area (Å²) in [6.07, 6.45) is 0.697. The number of methoxy groups -OCH3 is 1. The molecule has 1 unspecified atom stereocenters. The van der Waals surface area contributed by atoms with Crippen LogP contribution in [0.3, 0.4) is 0 Å². The van der Waals surface area contributed by atoms with E-state index in [0.29, 0.717) is 23.4 Å². The topological polar surface area (TPSA) is 84.5 Å². The van der Waals surface area contributed by atoms with E-state index >= 15 is 0 Å². The predicted octanol–water partition coefficient (Wildman–Crippen LogP) is 2.73. The minimum atomic E-state index is -1.15. The van der Waals surface area contributed by atoms with Crippen LogP contribution >= 0.6 is 11.6 Å². The van der Waals surface area contributed by atoms with Crippen molar-refractivity contribution in [1.29, 1.82) is 0 Å². The zero-order chi connectivity index (χ0) is 21.0. The fourth-order valence-electron chi connectivity index (χ4n) is 3.82. The first-order chi connectivity index (χ1) is 13.8. The number of hydrogen-bond donors (Lipinski definition) is 2. The van der Waals surface area contributed by atoms with Crippen LogP contribution in [0.15, 0.2) is 48.5 Å². The van der Waals surface area contributed by atoms with Gasteiger partial charge in [0.05, 0.1) is 19.6 Å². The van der Waals surface area contributed by atoms with Gasteiger partial charge in [0.15, 0.2) is 0 Å². The summed E-state index contributed by atoms with van der Waals surface area (Å²) >= 11 is 6.06. The minimum Gasteiger partial charge on any atom is -0.467 e. The molecule has 0 fully saturated rings. The molecule has 0 aliphatic heterocycles. The first-order valence-corrected chi connectivity index (χ1v) is 9.69. The van der Waals surface area contributed by atoms with Crippen LogP contribution in [0.5, 0.6) is 0 Å². The number of rotatable bonds is 6. The van der Waals surface area contributed by atoms with Gasteiger partial charge in [-0.25, -0.2) is 4.79 Å². The molecule has 0 heterocycles. The van der Waals surface area contributed by atoms with Gasteiger partial charge in [-0.3, -0.25) is 9.59 Å². The number of esters is 1. The summed E-state index contributed by atoms with van der Waals surface area (Å²) in [5, 5.41) is 6.17. The van der Waals surface area contributed by atoms with Crippen molar-refractivity contribution in [2.24, 2.45) is 0 Å². The van der Waals surface area contributed by atoms with Gasteiger partial charge in [-0.15, -0.1) is 0 Å². The van der Waals surface area contributed by atoms with Crippen molar-refractivity contribution < 1.29 is 19.1 Å². The third-order valence-corrected chi connectivity index (χ3v) is 5.31. The quantitative estimate of drug-likeness (QED) is 0.712. The Hall–Kier alpha value is -2.86. The molecular weight excluding hydrogens is 392 g/mol. The van der Waals surface area contributed by atoms with Gasteiger partial charge in [0.1, 0.15) is 5.54 Å². The maximum atomic E-state index is 12.9. The van der Waals surface area contributed by atoms with Gasteiger partial charge < -0.3 is 15.4 Å². The standard InChI is InChI=1S/C22H23ClN2O4/c1-14(26)24-19(15-8-5-9-18(23)10-15)11-20(27)25-22(21(28)29-2)12-16-6-3-4-7-17(16)13-22/h3-10,19H,11-13H2,1-2H3,(H,24,26)(H,25,27). The first-order valence-electron chi connectivity index (χ1n) is 9.32. The molecule has 1 atom stereocenters. The molecule has 0 bridgehead atoms. The molecule has 3 rings (SSSR count). The van der Waals surface area contributed by atoms with Crippen molar-refractivity contribution in [3.63, 3.8) is 0 Å². The van der Waals surface area contributed by atoms with Crippen molar-refractivity contribution in [2.75, 3.05) is 7.11 Å². The average Bonchev–Trinajstić information content (AvgIpc) is 3.05. The Labute approximate surface area is 174 Å². The molecule has 0 aromatic heterocycles. The summed E-state index contributed by atoms with van der Waals surface area (Å²) in [5.41, 5.74) is 1.58. The van der Waals surface area contributed by atoms with Crippen LogP contribution in [-0.2, 0) is 32.0 Å². The molecule has 2 aromatic rings. The third kappa shape index (κ3) is 4.77. The van der Waals surface area contributed by atoms with Crippen molar-refractivity contribution in [1.82, 2.24) is 10.6 Å². The number of carbonyl (C=O) groups excluding carboxylic acids is 3. The first kappa shape index (κ1) is 20.9. The van der Waals surface area contributed by atoms with Crippen LogP contribution in [0.2, 0.25) is 5.02 Å². The van der Waals surface area contributed by atoms with Crippen molar-refractivity contribution >= 4 is 29.4 Å². The lowest BCUT2D eigenvalue weighted by Gasteiger charge is -2.28. The van der Waals surface area contributed by atoms with Crippen LogP contribution < -0.4 is 10.6 Å². The number of benzene rings is 2. The number of ether oxygens (including phenoxy) is 1. The average molecular weight is 415 g/mol. The highest BCUT2D eigenvalue weighted by Gasteiger charge is 2.46. The molecule has 1 aliphatic rings. The normalized spacial score (nSPS) is 15.1. The van der Waals surface area contributed by atoms with Gasteiger partial charge in [-0.1, -0.05) is 48.0 Å². The molecule has 2 N–H and O–H groups in total. The van der Waals surface area contributed by atoms with Crippen LogP contribution in [0, 0.1) is 0 Å². The van der Waals surface area contributed by atoms with Crippen molar-refractivity contribution in [3.8, 4) is 0 Å². The van der Waals surface area contributed by atoms with E-state index in [4.69, 9.17) is 16.3 Å². The summed E-state index contributed by atoms with van der Waals surface area (Å²) < 4.78 is 5.00. The maximum Gasteiger partial charge on any atom is 0.332 e. The fraction of sp³-hybridized carbons (Fsp3) is 0.318. The number of carbonyl (C=O) groups is 3. The number of halogens is 1. The molecule has 0 saturated carbocycles. The molecule has 152 valence electrons. The third-order valence-electron chi connectivity index (χ3n) is 5.08. The molecular formula is C22H23ClN2O4. The van der Waals surface area contributed by atoms with Crippen molar-refractivity contribution in [2.45, 2.75) is 37.8 Å². The molecule has 1 aliphatic carbocycles. The Morgan fingerprint density at radius 3 is 2.31 bits per heavy atom. The van der Waals surface area contributed by atoms with Crippen molar-refractivity contribution in [3.05, 3.63) is 70.2 Å². The van der Waals surface area contributed by atoms with E-state index in [2.05, 4.69) is 10.6 Å². The van der Waals surface area contributed by atoms with Crippen LogP contribution in [0.1, 0.15) is 36.1 Å². The lowest BCUT2D eigenvalue weighted by atomic mass is 9.94. The van der Waals surface area contributed by atoms with E-state index in [1.807, 2.05) is 24.3 Å². The van der Waals surface area contributed by atoms with E-state index in [9.17, 15) is 14.4 Å². The molecule has 0 radical (unpaired) electrons. The molecule has 0 spiro atoms. The van der Waals surface area contributed by atoms with Gasteiger partial charge in [-0.05, 0) is 28.8 Å². The number of amides is 2. The Morgan fingerprint density at radius 1 is 1.10 bits per heavy atom. The molecule has 0 saturated heterocycles. The van der Waals surface area contributed by atoms with Gasteiger partial charge in [0, 0.05) is 24.8 Å². The van der Waals surface area contributed by atoms with E-state index in [1.165, 1.54) is 14.0 Å². The maximum absolute atomic E-state index is 12.9. The van der Waals surface area contributed by atoms with Crippen LogP contribution in [0.4, 0.5) is 0 Å². The zero-order valence-corrected chi connectivity index (χ0v) is 17.1. The molecule has 7 heteroatoms. The smallest absolute Gasteiger partial charge is 0.332 e. The predicted molar refractivity (Wildman–Crippen MR) is 109 cm³/mol. The van der Waals surface area contributed by atoms with Gasteiger partial charge in [0.2, 0.25) is 11.8 Å². The van der Waals surface area contributed by atoms with E-state index in [-0.39, 0.29) is 18.2 Å². The Morgan fingerprint density at radius 2 is 1.76 bits per heavy atom. The summed E-state index contributed by atoms with van der Waals surface area (Å²) in [6.45, 7) is 1.39. The molecule has 29 heavy (non-hydrogen) atoms. The van der Waals surface area contributed by atoms with Crippen LogP contribution in [-0.4, -0.2) is 30.4 Å². The second kappa shape index (κ2) is 8.66. The zero-order valence-electron chi connectivity index (χ0n) is 16.3. The Balaban J connectivity index is 1.80. The molecule has 2 amide bonds.